The number of nitrogens with zero attached hydrogens (tertiary/aromatic N) is 1. The lowest BCUT2D eigenvalue weighted by molar-refractivity contribution is 0.207. The van der Waals surface area contributed by atoms with Crippen molar-refractivity contribution in [3.8, 4) is 0 Å². The van der Waals surface area contributed by atoms with E-state index in [2.05, 4.69) is 15.3 Å². The van der Waals surface area contributed by atoms with Crippen molar-refractivity contribution in [2.45, 2.75) is 44.7 Å². The maximum Gasteiger partial charge on any atom is 0.0922 e. The van der Waals surface area contributed by atoms with Crippen LogP contribution in [-0.2, 0) is 6.54 Å². The molecule has 5 atom stereocenters. The molecule has 3 aliphatic rings. The molecule has 1 aromatic heterocycles. The molecule has 0 saturated heterocycles. The third kappa shape index (κ3) is 1.55. The summed E-state index contributed by atoms with van der Waals surface area (Å²) in [7, 11) is 0. The molecule has 3 fully saturated rings. The molecule has 17 heavy (non-hydrogen) atoms. The Labute approximate surface area is 102 Å². The van der Waals surface area contributed by atoms with E-state index in [9.17, 15) is 0 Å². The molecule has 1 aromatic rings. The number of hydrogen-bond acceptors (Lipinski definition) is 2. The van der Waals surface area contributed by atoms with Gasteiger partial charge in [0.1, 0.15) is 0 Å². The van der Waals surface area contributed by atoms with Gasteiger partial charge in [0.2, 0.25) is 0 Å². The Morgan fingerprint density at radius 1 is 1.24 bits per heavy atom. The summed E-state index contributed by atoms with van der Waals surface area (Å²) in [6.07, 6.45) is 11.2. The quantitative estimate of drug-likeness (QED) is 0.838. The van der Waals surface area contributed by atoms with Crippen LogP contribution >= 0.6 is 0 Å². The fourth-order valence-electron chi connectivity index (χ4n) is 4.93. The van der Waals surface area contributed by atoms with Crippen LogP contribution in [0.2, 0.25) is 0 Å². The Kier molecular flexibility index (Phi) is 2.29. The molecule has 0 aromatic carbocycles. The minimum Gasteiger partial charge on any atom is -0.347 e. The minimum atomic E-state index is 0.780. The molecular weight excluding hydrogens is 210 g/mol. The molecule has 0 radical (unpaired) electrons. The summed E-state index contributed by atoms with van der Waals surface area (Å²) >= 11 is 0. The van der Waals surface area contributed by atoms with Crippen LogP contribution in [-0.4, -0.2) is 16.0 Å². The normalized spacial score (nSPS) is 43.2. The van der Waals surface area contributed by atoms with E-state index in [-0.39, 0.29) is 0 Å². The number of nitrogens with one attached hydrogen (secondary N) is 2. The van der Waals surface area contributed by atoms with E-state index in [1.54, 1.807) is 6.33 Å². The van der Waals surface area contributed by atoms with Gasteiger partial charge in [-0.15, -0.1) is 0 Å². The number of H-pyrrole nitrogens is 1. The van der Waals surface area contributed by atoms with Gasteiger partial charge < -0.3 is 10.3 Å². The van der Waals surface area contributed by atoms with Crippen molar-refractivity contribution >= 4 is 0 Å². The number of hydrogen-bond donors (Lipinski definition) is 2. The highest BCUT2D eigenvalue weighted by Gasteiger charge is 2.53. The van der Waals surface area contributed by atoms with Gasteiger partial charge in [0.25, 0.3) is 0 Å². The van der Waals surface area contributed by atoms with E-state index in [1.165, 1.54) is 37.8 Å². The predicted molar refractivity (Wildman–Crippen MR) is 66.3 cm³/mol. The van der Waals surface area contributed by atoms with Crippen LogP contribution in [0.25, 0.3) is 0 Å². The van der Waals surface area contributed by atoms with Crippen LogP contribution in [0.4, 0.5) is 0 Å². The molecule has 92 valence electrons. The minimum absolute atomic E-state index is 0.780. The van der Waals surface area contributed by atoms with Crippen LogP contribution in [0.3, 0.4) is 0 Å². The van der Waals surface area contributed by atoms with Crippen molar-refractivity contribution in [3.63, 3.8) is 0 Å². The molecule has 2 N–H and O–H groups in total. The monoisotopic (exact) mass is 231 g/mol. The number of fused-ring (bicyclic) bond motifs is 5. The number of rotatable bonds is 3. The Morgan fingerprint density at radius 3 is 3.06 bits per heavy atom. The van der Waals surface area contributed by atoms with Gasteiger partial charge in [-0.3, -0.25) is 0 Å². The molecule has 1 heterocycles. The van der Waals surface area contributed by atoms with Crippen molar-refractivity contribution in [2.24, 2.45) is 23.7 Å². The molecule has 0 amide bonds. The summed E-state index contributed by atoms with van der Waals surface area (Å²) in [5, 5.41) is 3.76. The third-order valence-electron chi connectivity index (χ3n) is 5.54. The lowest BCUT2D eigenvalue weighted by atomic mass is 9.79. The second kappa shape index (κ2) is 3.84. The van der Waals surface area contributed by atoms with Gasteiger partial charge in [-0.2, -0.15) is 0 Å². The average Bonchev–Trinajstić information content (AvgIpc) is 3.08. The molecule has 3 heteroatoms. The van der Waals surface area contributed by atoms with Gasteiger partial charge in [-0.25, -0.2) is 4.98 Å². The molecule has 4 rings (SSSR count). The van der Waals surface area contributed by atoms with Gasteiger partial charge in [0.05, 0.1) is 6.33 Å². The highest BCUT2D eigenvalue weighted by atomic mass is 15.0. The maximum atomic E-state index is 4.07. The summed E-state index contributed by atoms with van der Waals surface area (Å²) in [4.78, 5) is 7.25. The summed E-state index contributed by atoms with van der Waals surface area (Å²) in [5.74, 6) is 4.19. The van der Waals surface area contributed by atoms with Gasteiger partial charge in [-0.1, -0.05) is 6.42 Å². The zero-order valence-corrected chi connectivity index (χ0v) is 10.2. The molecule has 3 aliphatic carbocycles. The Hall–Kier alpha value is -0.830. The van der Waals surface area contributed by atoms with Crippen molar-refractivity contribution in [1.29, 1.82) is 0 Å². The molecule has 0 aliphatic heterocycles. The third-order valence-corrected chi connectivity index (χ3v) is 5.54. The van der Waals surface area contributed by atoms with Crippen LogP contribution in [0.1, 0.15) is 37.8 Å². The largest absolute Gasteiger partial charge is 0.347 e. The topological polar surface area (TPSA) is 40.7 Å². The Morgan fingerprint density at radius 2 is 2.18 bits per heavy atom. The number of aromatic nitrogens is 2. The lowest BCUT2D eigenvalue weighted by Crippen LogP contribution is -2.38. The molecule has 3 saturated carbocycles. The highest BCUT2D eigenvalue weighted by Crippen LogP contribution is 2.58. The van der Waals surface area contributed by atoms with E-state index in [4.69, 9.17) is 0 Å². The molecular formula is C14H21N3. The standard InChI is InChI=1S/C14H21N3/c1-2-11-9-4-13(12(11)3-1)14(5-9)16-7-10-6-15-8-17-10/h6,8-9,11-14,16H,1-5,7H2,(H,15,17). The van der Waals surface area contributed by atoms with Gasteiger partial charge in [0, 0.05) is 24.5 Å². The first-order valence-electron chi connectivity index (χ1n) is 7.12. The molecule has 0 spiro atoms. The summed E-state index contributed by atoms with van der Waals surface area (Å²) in [6, 6.07) is 0.780. The first kappa shape index (κ1) is 10.1. The van der Waals surface area contributed by atoms with Crippen molar-refractivity contribution in [2.75, 3.05) is 0 Å². The average molecular weight is 231 g/mol. The van der Waals surface area contributed by atoms with Crippen LogP contribution in [0.5, 0.6) is 0 Å². The maximum absolute atomic E-state index is 4.07. The second-order valence-electron chi connectivity index (χ2n) is 6.22. The van der Waals surface area contributed by atoms with E-state index >= 15 is 0 Å². The summed E-state index contributed by atoms with van der Waals surface area (Å²) in [6.45, 7) is 0.964. The van der Waals surface area contributed by atoms with E-state index in [0.717, 1.165) is 36.3 Å². The second-order valence-corrected chi connectivity index (χ2v) is 6.22. The van der Waals surface area contributed by atoms with Gasteiger partial charge in [-0.05, 0) is 49.4 Å². The van der Waals surface area contributed by atoms with E-state index in [1.807, 2.05) is 6.20 Å². The smallest absolute Gasteiger partial charge is 0.0922 e. The lowest BCUT2D eigenvalue weighted by Gasteiger charge is -2.32. The van der Waals surface area contributed by atoms with E-state index in [0.29, 0.717) is 0 Å². The Balaban J connectivity index is 1.41. The SMILES string of the molecule is c1ncc(CNC2CC3CC2C2CCCC32)[nH]1. The fraction of sp³-hybridized carbons (Fsp3) is 0.786. The number of imidazole rings is 1. The fourth-order valence-corrected chi connectivity index (χ4v) is 4.93. The van der Waals surface area contributed by atoms with Crippen molar-refractivity contribution in [3.05, 3.63) is 18.2 Å². The predicted octanol–water partition coefficient (Wildman–Crippen LogP) is 2.32. The zero-order valence-electron chi connectivity index (χ0n) is 10.2. The summed E-state index contributed by atoms with van der Waals surface area (Å²) in [5.41, 5.74) is 1.22. The first-order valence-corrected chi connectivity index (χ1v) is 7.12. The number of aromatic amines is 1. The molecule has 5 unspecified atom stereocenters. The van der Waals surface area contributed by atoms with Gasteiger partial charge in [0.15, 0.2) is 0 Å². The highest BCUT2D eigenvalue weighted by molar-refractivity contribution is 5.06. The molecule has 2 bridgehead atoms. The first-order chi connectivity index (χ1) is 8.42. The summed E-state index contributed by atoms with van der Waals surface area (Å²) < 4.78 is 0. The van der Waals surface area contributed by atoms with Crippen LogP contribution in [0.15, 0.2) is 12.5 Å². The van der Waals surface area contributed by atoms with Crippen molar-refractivity contribution in [1.82, 2.24) is 15.3 Å². The van der Waals surface area contributed by atoms with Crippen molar-refractivity contribution < 1.29 is 0 Å². The van der Waals surface area contributed by atoms with E-state index < -0.39 is 0 Å². The molecule has 3 nitrogen and oxygen atoms in total. The van der Waals surface area contributed by atoms with Crippen LogP contribution in [0, 0.1) is 23.7 Å². The van der Waals surface area contributed by atoms with Gasteiger partial charge >= 0.3 is 0 Å². The van der Waals surface area contributed by atoms with Crippen LogP contribution < -0.4 is 5.32 Å². The zero-order chi connectivity index (χ0) is 11.2. The Bertz CT molecular complexity index is 386.